The second kappa shape index (κ2) is 7.47. The van der Waals surface area contributed by atoms with Gasteiger partial charge < -0.3 is 10.1 Å². The lowest BCUT2D eigenvalue weighted by atomic mass is 10.00. The van der Waals surface area contributed by atoms with E-state index in [-0.39, 0.29) is 34.0 Å². The van der Waals surface area contributed by atoms with Crippen molar-refractivity contribution in [2.45, 2.75) is 50.3 Å². The summed E-state index contributed by atoms with van der Waals surface area (Å²) in [5.41, 5.74) is -0.362. The average molecular weight is 386 g/mol. The fraction of sp³-hybridized carbons (Fsp3) is 0.625. The first kappa shape index (κ1) is 20.6. The number of benzene rings is 1. The highest BCUT2D eigenvalue weighted by Gasteiger charge is 2.33. The van der Waals surface area contributed by atoms with Crippen LogP contribution in [-0.4, -0.2) is 55.6 Å². The van der Waals surface area contributed by atoms with Crippen LogP contribution in [0.2, 0.25) is 0 Å². The number of nitro groups is 1. The smallest absolute Gasteiger partial charge is 0.270 e. The van der Waals surface area contributed by atoms with Crippen molar-refractivity contribution in [3.63, 3.8) is 0 Å². The van der Waals surface area contributed by atoms with E-state index in [0.29, 0.717) is 6.54 Å². The summed E-state index contributed by atoms with van der Waals surface area (Å²) in [7, 11) is -4.10. The van der Waals surface area contributed by atoms with Gasteiger partial charge >= 0.3 is 0 Å². The van der Waals surface area contributed by atoms with Crippen LogP contribution in [0.15, 0.2) is 23.1 Å². The minimum atomic E-state index is -4.10. The first-order chi connectivity index (χ1) is 11.9. The molecule has 10 heteroatoms. The van der Waals surface area contributed by atoms with Gasteiger partial charge in [-0.25, -0.2) is 13.6 Å². The topological polar surface area (TPSA) is 128 Å². The van der Waals surface area contributed by atoms with Gasteiger partial charge in [0.1, 0.15) is 4.90 Å². The lowest BCUT2D eigenvalue weighted by Gasteiger charge is -2.45. The van der Waals surface area contributed by atoms with E-state index in [1.54, 1.807) is 0 Å². The summed E-state index contributed by atoms with van der Waals surface area (Å²) in [6, 6.07) is 3.60. The Hall–Kier alpha value is -1.75. The van der Waals surface area contributed by atoms with Gasteiger partial charge in [0, 0.05) is 37.3 Å². The summed E-state index contributed by atoms with van der Waals surface area (Å²) in [6.45, 7) is 10.1. The maximum absolute atomic E-state index is 11.8. The van der Waals surface area contributed by atoms with Crippen LogP contribution in [-0.2, 0) is 14.8 Å². The van der Waals surface area contributed by atoms with Crippen LogP contribution in [0, 0.1) is 10.1 Å². The van der Waals surface area contributed by atoms with E-state index in [4.69, 9.17) is 9.88 Å². The van der Waals surface area contributed by atoms with Gasteiger partial charge in [-0.1, -0.05) is 0 Å². The zero-order valence-corrected chi connectivity index (χ0v) is 16.2. The Morgan fingerprint density at radius 2 is 1.92 bits per heavy atom. The number of primary sulfonamides is 1. The van der Waals surface area contributed by atoms with Crippen molar-refractivity contribution < 1.29 is 18.1 Å². The average Bonchev–Trinajstić information content (AvgIpc) is 2.51. The normalized spacial score (nSPS) is 22.2. The molecule has 2 atom stereocenters. The Morgan fingerprint density at radius 1 is 1.35 bits per heavy atom. The number of nitrogens with one attached hydrogen (secondary N) is 1. The van der Waals surface area contributed by atoms with E-state index in [0.717, 1.165) is 19.2 Å². The Balaban J connectivity index is 2.21. The molecule has 1 aromatic carbocycles. The molecule has 0 aliphatic carbocycles. The number of non-ortho nitro benzene ring substituents is 1. The Labute approximate surface area is 153 Å². The Kier molecular flexibility index (Phi) is 5.91. The molecule has 1 saturated heterocycles. The lowest BCUT2D eigenvalue weighted by Crippen LogP contribution is -2.57. The standard InChI is InChI=1S/C16H26N4O5S/c1-11-8-19(9-12(2)25-11)16(3,4)10-18-14-6-5-13(20(21)22)7-15(14)26(17,23)24/h5-7,11-12,18H,8-10H2,1-4H3,(H2,17,23,24)/t11-,12-/m0/s1. The molecule has 0 amide bonds. The predicted molar refractivity (Wildman–Crippen MR) is 98.6 cm³/mol. The van der Waals surface area contributed by atoms with Crippen molar-refractivity contribution in [3.8, 4) is 0 Å². The molecule has 3 N–H and O–H groups in total. The van der Waals surface area contributed by atoms with Crippen LogP contribution < -0.4 is 10.5 Å². The summed E-state index contributed by atoms with van der Waals surface area (Å²) >= 11 is 0. The number of sulfonamides is 1. The maximum atomic E-state index is 11.8. The van der Waals surface area contributed by atoms with Gasteiger partial charge in [0.2, 0.25) is 10.0 Å². The largest absolute Gasteiger partial charge is 0.382 e. The van der Waals surface area contributed by atoms with Crippen molar-refractivity contribution >= 4 is 21.4 Å². The minimum absolute atomic E-state index is 0.109. The molecule has 0 bridgehead atoms. The van der Waals surface area contributed by atoms with Gasteiger partial charge in [-0.3, -0.25) is 15.0 Å². The van der Waals surface area contributed by atoms with Crippen molar-refractivity contribution in [2.24, 2.45) is 5.14 Å². The van der Waals surface area contributed by atoms with Gasteiger partial charge in [0.25, 0.3) is 5.69 Å². The SMILES string of the molecule is C[C@H]1CN(C(C)(C)CNc2ccc([N+](=O)[O-])cc2S(N)(=O)=O)C[C@H](C)O1. The van der Waals surface area contributed by atoms with Gasteiger partial charge in [-0.2, -0.15) is 0 Å². The van der Waals surface area contributed by atoms with Crippen LogP contribution in [0.5, 0.6) is 0 Å². The van der Waals surface area contributed by atoms with Crippen molar-refractivity contribution in [1.82, 2.24) is 4.90 Å². The van der Waals surface area contributed by atoms with E-state index in [1.165, 1.54) is 12.1 Å². The Morgan fingerprint density at radius 3 is 2.42 bits per heavy atom. The highest BCUT2D eigenvalue weighted by Crippen LogP contribution is 2.27. The van der Waals surface area contributed by atoms with Gasteiger partial charge in [-0.15, -0.1) is 0 Å². The highest BCUT2D eigenvalue weighted by molar-refractivity contribution is 7.89. The number of nitrogens with zero attached hydrogens (tertiary/aromatic N) is 2. The summed E-state index contributed by atoms with van der Waals surface area (Å²) in [4.78, 5) is 12.2. The number of ether oxygens (including phenoxy) is 1. The monoisotopic (exact) mass is 386 g/mol. The molecule has 1 aliphatic rings. The number of nitro benzene ring substituents is 1. The van der Waals surface area contributed by atoms with Crippen LogP contribution in [0.1, 0.15) is 27.7 Å². The van der Waals surface area contributed by atoms with E-state index in [9.17, 15) is 18.5 Å². The third-order valence-electron chi connectivity index (χ3n) is 4.47. The second-order valence-corrected chi connectivity index (χ2v) is 8.84. The lowest BCUT2D eigenvalue weighted by molar-refractivity contribution is -0.385. The van der Waals surface area contributed by atoms with E-state index in [2.05, 4.69) is 10.2 Å². The first-order valence-electron chi connectivity index (χ1n) is 8.36. The summed E-state index contributed by atoms with van der Waals surface area (Å²) in [5, 5.41) is 19.2. The molecule has 9 nitrogen and oxygen atoms in total. The number of hydrogen-bond acceptors (Lipinski definition) is 7. The van der Waals surface area contributed by atoms with Crippen LogP contribution in [0.4, 0.5) is 11.4 Å². The fourth-order valence-electron chi connectivity index (χ4n) is 3.10. The third kappa shape index (κ3) is 4.91. The highest BCUT2D eigenvalue weighted by atomic mass is 32.2. The minimum Gasteiger partial charge on any atom is -0.382 e. The molecule has 146 valence electrons. The molecule has 1 aliphatic heterocycles. The molecule has 0 unspecified atom stereocenters. The molecular weight excluding hydrogens is 360 g/mol. The molecular formula is C16H26N4O5S. The number of nitrogens with two attached hydrogens (primary N) is 1. The number of anilines is 1. The zero-order valence-electron chi connectivity index (χ0n) is 15.4. The molecule has 26 heavy (non-hydrogen) atoms. The summed E-state index contributed by atoms with van der Waals surface area (Å²) < 4.78 is 29.4. The first-order valence-corrected chi connectivity index (χ1v) is 9.90. The number of hydrogen-bond donors (Lipinski definition) is 2. The van der Waals surface area contributed by atoms with E-state index < -0.39 is 14.9 Å². The predicted octanol–water partition coefficient (Wildman–Crippen LogP) is 1.54. The molecule has 1 fully saturated rings. The van der Waals surface area contributed by atoms with Gasteiger partial charge in [-0.05, 0) is 33.8 Å². The second-order valence-electron chi connectivity index (χ2n) is 7.31. The number of morpholine rings is 1. The molecule has 1 heterocycles. The van der Waals surface area contributed by atoms with Crippen molar-refractivity contribution in [2.75, 3.05) is 25.0 Å². The summed E-state index contributed by atoms with van der Waals surface area (Å²) in [6.07, 6.45) is 0.217. The van der Waals surface area contributed by atoms with Gasteiger partial charge in [0.05, 0.1) is 22.8 Å². The van der Waals surface area contributed by atoms with Gasteiger partial charge in [0.15, 0.2) is 0 Å². The molecule has 2 rings (SSSR count). The van der Waals surface area contributed by atoms with Crippen molar-refractivity contribution in [1.29, 1.82) is 0 Å². The molecule has 0 spiro atoms. The van der Waals surface area contributed by atoms with Crippen LogP contribution in [0.25, 0.3) is 0 Å². The third-order valence-corrected chi connectivity index (χ3v) is 5.42. The van der Waals surface area contributed by atoms with Crippen LogP contribution >= 0.6 is 0 Å². The van der Waals surface area contributed by atoms with E-state index >= 15 is 0 Å². The molecule has 0 aromatic heterocycles. The fourth-order valence-corrected chi connectivity index (χ4v) is 3.83. The van der Waals surface area contributed by atoms with Crippen molar-refractivity contribution in [3.05, 3.63) is 28.3 Å². The van der Waals surface area contributed by atoms with Crippen LogP contribution in [0.3, 0.4) is 0 Å². The number of rotatable bonds is 6. The Bertz CT molecular complexity index is 771. The molecule has 1 aromatic rings. The molecule has 0 radical (unpaired) electrons. The quantitative estimate of drug-likeness (QED) is 0.560. The maximum Gasteiger partial charge on any atom is 0.270 e. The summed E-state index contributed by atoms with van der Waals surface area (Å²) in [5.74, 6) is 0. The molecule has 0 saturated carbocycles. The zero-order chi connectivity index (χ0) is 19.7. The van der Waals surface area contributed by atoms with E-state index in [1.807, 2.05) is 27.7 Å².